The van der Waals surface area contributed by atoms with Crippen molar-refractivity contribution in [2.24, 2.45) is 0 Å². The molecule has 0 aliphatic rings. The van der Waals surface area contributed by atoms with Gasteiger partial charge in [0.2, 0.25) is 0 Å². The van der Waals surface area contributed by atoms with E-state index in [2.05, 4.69) is 10.3 Å². The molecule has 0 radical (unpaired) electrons. The molecule has 0 bridgehead atoms. The zero-order chi connectivity index (χ0) is 17.6. The molecule has 0 saturated carbocycles. The zero-order valence-corrected chi connectivity index (χ0v) is 13.2. The number of nitriles is 1. The molecule has 2 aromatic carbocycles. The maximum absolute atomic E-state index is 10.9. The molecular weight excluding hydrogens is 316 g/mol. The van der Waals surface area contributed by atoms with Crippen LogP contribution in [0.4, 0.5) is 11.4 Å². The number of anilines is 1. The van der Waals surface area contributed by atoms with Gasteiger partial charge in [-0.1, -0.05) is 36.4 Å². The topological polar surface area (TPSA) is 91.8 Å². The molecule has 0 aliphatic carbocycles. The minimum Gasteiger partial charge on any atom is -0.372 e. The monoisotopic (exact) mass is 330 g/mol. The van der Waals surface area contributed by atoms with Crippen molar-refractivity contribution >= 4 is 11.4 Å². The molecule has 0 aliphatic heterocycles. The maximum Gasteiger partial charge on any atom is 0.270 e. The highest BCUT2D eigenvalue weighted by atomic mass is 16.6. The highest BCUT2D eigenvalue weighted by molar-refractivity contribution is 5.63. The predicted octanol–water partition coefficient (Wildman–Crippen LogP) is 4.06. The zero-order valence-electron chi connectivity index (χ0n) is 13.2. The lowest BCUT2D eigenvalue weighted by atomic mass is 10.0. The fourth-order valence-corrected chi connectivity index (χ4v) is 2.54. The van der Waals surface area contributed by atoms with Crippen molar-refractivity contribution < 1.29 is 4.92 Å². The number of non-ortho nitro benzene ring substituents is 1. The Hall–Kier alpha value is -3.72. The standard InChI is InChI=1S/C19H14N4O2/c20-13-15-12-16(23(24)25)9-10-17(15)22-19(14-6-2-1-3-7-14)18-8-4-5-11-21-18/h1-12,19,22H/t19-/m0/s1. The van der Waals surface area contributed by atoms with Crippen molar-refractivity contribution in [2.75, 3.05) is 5.32 Å². The first-order valence-corrected chi connectivity index (χ1v) is 7.60. The van der Waals surface area contributed by atoms with Crippen LogP contribution in [0.2, 0.25) is 0 Å². The van der Waals surface area contributed by atoms with Gasteiger partial charge in [-0.2, -0.15) is 5.26 Å². The minimum atomic E-state index is -0.516. The summed E-state index contributed by atoms with van der Waals surface area (Å²) in [5, 5.41) is 23.6. The molecule has 0 saturated heterocycles. The lowest BCUT2D eigenvalue weighted by Crippen LogP contribution is -2.14. The summed E-state index contributed by atoms with van der Waals surface area (Å²) in [5.41, 5.74) is 2.38. The highest BCUT2D eigenvalue weighted by Gasteiger charge is 2.18. The SMILES string of the molecule is N#Cc1cc([N+](=O)[O-])ccc1N[C@@H](c1ccccc1)c1ccccn1. The lowest BCUT2D eigenvalue weighted by molar-refractivity contribution is -0.384. The summed E-state index contributed by atoms with van der Waals surface area (Å²) >= 11 is 0. The number of benzene rings is 2. The van der Waals surface area contributed by atoms with Gasteiger partial charge in [0.05, 0.1) is 27.9 Å². The maximum atomic E-state index is 10.9. The van der Waals surface area contributed by atoms with Gasteiger partial charge in [-0.3, -0.25) is 15.1 Å². The number of hydrogen-bond acceptors (Lipinski definition) is 5. The van der Waals surface area contributed by atoms with Crippen LogP contribution in [0.5, 0.6) is 0 Å². The van der Waals surface area contributed by atoms with Crippen LogP contribution < -0.4 is 5.32 Å². The van der Waals surface area contributed by atoms with Crippen LogP contribution in [0.3, 0.4) is 0 Å². The van der Waals surface area contributed by atoms with E-state index >= 15 is 0 Å². The average molecular weight is 330 g/mol. The molecular formula is C19H14N4O2. The van der Waals surface area contributed by atoms with Crippen molar-refractivity contribution in [3.63, 3.8) is 0 Å². The Balaban J connectivity index is 2.02. The van der Waals surface area contributed by atoms with E-state index < -0.39 is 4.92 Å². The molecule has 3 aromatic rings. The number of hydrogen-bond donors (Lipinski definition) is 1. The number of nitro groups is 1. The third-order valence-electron chi connectivity index (χ3n) is 3.75. The molecule has 122 valence electrons. The Kier molecular flexibility index (Phi) is 4.67. The molecule has 1 heterocycles. The Bertz CT molecular complexity index is 882. The van der Waals surface area contributed by atoms with Crippen molar-refractivity contribution in [3.8, 4) is 6.07 Å². The summed E-state index contributed by atoms with van der Waals surface area (Å²) in [4.78, 5) is 14.8. The van der Waals surface area contributed by atoms with E-state index in [1.807, 2.05) is 54.6 Å². The molecule has 3 rings (SSSR count). The van der Waals surface area contributed by atoms with Gasteiger partial charge in [-0.25, -0.2) is 0 Å². The van der Waals surface area contributed by atoms with E-state index in [4.69, 9.17) is 0 Å². The fraction of sp³-hybridized carbons (Fsp3) is 0.0526. The molecule has 1 N–H and O–H groups in total. The molecule has 6 heteroatoms. The quantitative estimate of drug-likeness (QED) is 0.562. The molecule has 0 fully saturated rings. The first-order valence-electron chi connectivity index (χ1n) is 7.60. The van der Waals surface area contributed by atoms with E-state index in [1.54, 1.807) is 12.3 Å². The highest BCUT2D eigenvalue weighted by Crippen LogP contribution is 2.29. The smallest absolute Gasteiger partial charge is 0.270 e. The third kappa shape index (κ3) is 3.62. The van der Waals surface area contributed by atoms with E-state index in [0.717, 1.165) is 11.3 Å². The average Bonchev–Trinajstić information content (AvgIpc) is 2.67. The number of pyridine rings is 1. The van der Waals surface area contributed by atoms with Crippen LogP contribution in [-0.4, -0.2) is 9.91 Å². The second-order valence-electron chi connectivity index (χ2n) is 5.34. The predicted molar refractivity (Wildman–Crippen MR) is 94.0 cm³/mol. The van der Waals surface area contributed by atoms with Crippen molar-refractivity contribution in [3.05, 3.63) is 99.9 Å². The van der Waals surface area contributed by atoms with Gasteiger partial charge in [0, 0.05) is 18.3 Å². The largest absolute Gasteiger partial charge is 0.372 e. The van der Waals surface area contributed by atoms with E-state index in [9.17, 15) is 15.4 Å². The Morgan fingerprint density at radius 3 is 2.48 bits per heavy atom. The van der Waals surface area contributed by atoms with Gasteiger partial charge in [-0.15, -0.1) is 0 Å². The second-order valence-corrected chi connectivity index (χ2v) is 5.34. The molecule has 0 unspecified atom stereocenters. The number of nitrogens with one attached hydrogen (secondary N) is 1. The second kappa shape index (κ2) is 7.23. The van der Waals surface area contributed by atoms with Crippen LogP contribution in [0.25, 0.3) is 0 Å². The normalized spacial score (nSPS) is 11.3. The molecule has 1 aromatic heterocycles. The van der Waals surface area contributed by atoms with E-state index in [-0.39, 0.29) is 17.3 Å². The van der Waals surface area contributed by atoms with Gasteiger partial charge >= 0.3 is 0 Å². The first kappa shape index (κ1) is 16.1. The Morgan fingerprint density at radius 2 is 1.84 bits per heavy atom. The first-order chi connectivity index (χ1) is 12.2. The molecule has 0 amide bonds. The summed E-state index contributed by atoms with van der Waals surface area (Å²) in [6.45, 7) is 0. The fourth-order valence-electron chi connectivity index (χ4n) is 2.54. The summed E-state index contributed by atoms with van der Waals surface area (Å²) < 4.78 is 0. The van der Waals surface area contributed by atoms with Crippen LogP contribution in [0, 0.1) is 21.4 Å². The van der Waals surface area contributed by atoms with Crippen LogP contribution in [0.15, 0.2) is 72.9 Å². The number of rotatable bonds is 5. The minimum absolute atomic E-state index is 0.115. The summed E-state index contributed by atoms with van der Waals surface area (Å²) in [5.74, 6) is 0. The van der Waals surface area contributed by atoms with E-state index in [1.165, 1.54) is 12.1 Å². The van der Waals surface area contributed by atoms with Gasteiger partial charge < -0.3 is 5.32 Å². The van der Waals surface area contributed by atoms with Gasteiger partial charge in [0.25, 0.3) is 5.69 Å². The van der Waals surface area contributed by atoms with Crippen LogP contribution in [0.1, 0.15) is 22.9 Å². The van der Waals surface area contributed by atoms with E-state index in [0.29, 0.717) is 5.69 Å². The molecule has 1 atom stereocenters. The molecule has 0 spiro atoms. The third-order valence-corrected chi connectivity index (χ3v) is 3.75. The molecule has 6 nitrogen and oxygen atoms in total. The summed E-state index contributed by atoms with van der Waals surface area (Å²) in [7, 11) is 0. The number of nitrogens with zero attached hydrogens (tertiary/aromatic N) is 3. The van der Waals surface area contributed by atoms with Crippen molar-refractivity contribution in [1.29, 1.82) is 5.26 Å². The van der Waals surface area contributed by atoms with Crippen molar-refractivity contribution in [2.45, 2.75) is 6.04 Å². The van der Waals surface area contributed by atoms with Crippen LogP contribution >= 0.6 is 0 Å². The van der Waals surface area contributed by atoms with Crippen molar-refractivity contribution in [1.82, 2.24) is 4.98 Å². The van der Waals surface area contributed by atoms with Gasteiger partial charge in [0.15, 0.2) is 0 Å². The van der Waals surface area contributed by atoms with Gasteiger partial charge in [-0.05, 0) is 23.8 Å². The number of aromatic nitrogens is 1. The Labute approximate surface area is 144 Å². The van der Waals surface area contributed by atoms with Crippen LogP contribution in [-0.2, 0) is 0 Å². The summed E-state index contributed by atoms with van der Waals surface area (Å²) in [6, 6.07) is 21.2. The lowest BCUT2D eigenvalue weighted by Gasteiger charge is -2.20. The number of nitro benzene ring substituents is 1. The summed E-state index contributed by atoms with van der Waals surface area (Å²) in [6.07, 6.45) is 1.70. The molecule has 25 heavy (non-hydrogen) atoms. The Morgan fingerprint density at radius 1 is 1.08 bits per heavy atom. The van der Waals surface area contributed by atoms with Gasteiger partial charge in [0.1, 0.15) is 6.07 Å².